The van der Waals surface area contributed by atoms with Crippen LogP contribution in [0.25, 0.3) is 0 Å². The molecule has 1 heterocycles. The maximum Gasteiger partial charge on any atom is 0.325 e. The van der Waals surface area contributed by atoms with Crippen molar-refractivity contribution in [2.24, 2.45) is 11.7 Å². The van der Waals surface area contributed by atoms with E-state index in [-0.39, 0.29) is 18.7 Å². The van der Waals surface area contributed by atoms with Crippen molar-refractivity contribution in [1.82, 2.24) is 0 Å². The highest BCUT2D eigenvalue weighted by molar-refractivity contribution is 6.30. The van der Waals surface area contributed by atoms with Crippen molar-refractivity contribution in [1.29, 1.82) is 0 Å². The van der Waals surface area contributed by atoms with Gasteiger partial charge in [-0.2, -0.15) is 0 Å². The van der Waals surface area contributed by atoms with Crippen molar-refractivity contribution >= 4 is 17.6 Å². The van der Waals surface area contributed by atoms with Gasteiger partial charge in [0.2, 0.25) is 0 Å². The van der Waals surface area contributed by atoms with Gasteiger partial charge in [0.15, 0.2) is 0 Å². The lowest BCUT2D eigenvalue weighted by Crippen LogP contribution is -2.37. The summed E-state index contributed by atoms with van der Waals surface area (Å²) >= 11 is 5.88. The molecule has 0 amide bonds. The van der Waals surface area contributed by atoms with Crippen molar-refractivity contribution in [3.63, 3.8) is 0 Å². The van der Waals surface area contributed by atoms with Gasteiger partial charge in [0.1, 0.15) is 6.04 Å². The van der Waals surface area contributed by atoms with Crippen LogP contribution in [0.15, 0.2) is 54.6 Å². The van der Waals surface area contributed by atoms with Gasteiger partial charge >= 0.3 is 5.97 Å². The molecule has 27 heavy (non-hydrogen) atoms. The van der Waals surface area contributed by atoms with Crippen LogP contribution in [0.3, 0.4) is 0 Å². The summed E-state index contributed by atoms with van der Waals surface area (Å²) in [5, 5.41) is 0.729. The second-order valence-electron chi connectivity index (χ2n) is 6.98. The summed E-state index contributed by atoms with van der Waals surface area (Å²) in [6.07, 6.45) is 1.49. The lowest BCUT2D eigenvalue weighted by atomic mass is 9.95. The van der Waals surface area contributed by atoms with Crippen molar-refractivity contribution in [2.45, 2.75) is 38.8 Å². The third-order valence-corrected chi connectivity index (χ3v) is 4.57. The van der Waals surface area contributed by atoms with E-state index in [4.69, 9.17) is 26.8 Å². The van der Waals surface area contributed by atoms with Crippen molar-refractivity contribution in [2.75, 3.05) is 13.2 Å². The van der Waals surface area contributed by atoms with E-state index in [1.807, 2.05) is 49.4 Å². The van der Waals surface area contributed by atoms with Crippen LogP contribution in [0.4, 0.5) is 0 Å². The molecule has 3 atom stereocenters. The Labute approximate surface area is 166 Å². The Morgan fingerprint density at radius 3 is 2.33 bits per heavy atom. The zero-order chi connectivity index (χ0) is 19.6. The van der Waals surface area contributed by atoms with Gasteiger partial charge in [-0.05, 0) is 50.3 Å². The summed E-state index contributed by atoms with van der Waals surface area (Å²) < 4.78 is 10.8. The number of hydrogen-bond acceptors (Lipinski definition) is 4. The summed E-state index contributed by atoms with van der Waals surface area (Å²) in [7, 11) is 0. The molecule has 1 aliphatic rings. The van der Waals surface area contributed by atoms with E-state index in [0.717, 1.165) is 17.9 Å². The molecule has 2 aromatic rings. The topological polar surface area (TPSA) is 61.5 Å². The Hall–Kier alpha value is -1.88. The highest BCUT2D eigenvalue weighted by Crippen LogP contribution is 2.19. The van der Waals surface area contributed by atoms with Crippen molar-refractivity contribution in [3.05, 3.63) is 70.7 Å². The maximum absolute atomic E-state index is 11.6. The largest absolute Gasteiger partial charge is 0.461 e. The molecule has 2 aromatic carbocycles. The predicted octanol–water partition coefficient (Wildman–Crippen LogP) is 4.17. The Morgan fingerprint density at radius 2 is 1.74 bits per heavy atom. The number of carbonyl (C=O) groups is 1. The van der Waals surface area contributed by atoms with Gasteiger partial charge < -0.3 is 15.2 Å². The lowest BCUT2D eigenvalue weighted by Gasteiger charge is -2.19. The number of esters is 1. The highest BCUT2D eigenvalue weighted by atomic mass is 35.5. The third kappa shape index (κ3) is 8.12. The Kier molecular flexibility index (Phi) is 8.79. The quantitative estimate of drug-likeness (QED) is 0.783. The number of carbonyl (C=O) groups excluding carboxylic acids is 1. The monoisotopic (exact) mass is 389 g/mol. The number of ether oxygens (including phenoxy) is 2. The average Bonchev–Trinajstić information content (AvgIpc) is 2.69. The number of hydrogen-bond donors (Lipinski definition) is 1. The zero-order valence-corrected chi connectivity index (χ0v) is 16.7. The Bertz CT molecular complexity index is 690. The SMILES string of the molecule is CC1CC(Cc2ccc(Cl)cc2)COC[C@H](N)C(=O)O1.Cc1ccccc1. The van der Waals surface area contributed by atoms with Crippen LogP contribution in [0.5, 0.6) is 0 Å². The number of rotatable bonds is 2. The molecule has 1 fully saturated rings. The van der Waals surface area contributed by atoms with Crippen LogP contribution in [-0.4, -0.2) is 31.3 Å². The third-order valence-electron chi connectivity index (χ3n) is 4.31. The number of benzene rings is 2. The van der Waals surface area contributed by atoms with Crippen LogP contribution in [0.2, 0.25) is 5.02 Å². The summed E-state index contributed by atoms with van der Waals surface area (Å²) in [6, 6.07) is 17.4. The molecule has 0 saturated carbocycles. The molecule has 0 spiro atoms. The van der Waals surface area contributed by atoms with Gasteiger partial charge in [-0.1, -0.05) is 59.6 Å². The van der Waals surface area contributed by atoms with E-state index in [1.165, 1.54) is 11.1 Å². The Balaban J connectivity index is 0.000000313. The second kappa shape index (κ2) is 11.1. The second-order valence-corrected chi connectivity index (χ2v) is 7.41. The molecule has 1 aliphatic heterocycles. The fourth-order valence-electron chi connectivity index (χ4n) is 2.93. The van der Waals surface area contributed by atoms with E-state index >= 15 is 0 Å². The normalized spacial score (nSPS) is 23.1. The number of cyclic esters (lactones) is 1. The molecule has 146 valence electrons. The zero-order valence-electron chi connectivity index (χ0n) is 15.9. The first-order chi connectivity index (χ1) is 12.9. The first kappa shape index (κ1) is 21.4. The van der Waals surface area contributed by atoms with E-state index in [2.05, 4.69) is 19.1 Å². The minimum Gasteiger partial charge on any atom is -0.461 e. The molecule has 5 heteroatoms. The Morgan fingerprint density at radius 1 is 1.07 bits per heavy atom. The molecule has 3 rings (SSSR count). The van der Waals surface area contributed by atoms with E-state index in [1.54, 1.807) is 0 Å². The molecule has 1 saturated heterocycles. The number of nitrogens with two attached hydrogens (primary N) is 1. The summed E-state index contributed by atoms with van der Waals surface area (Å²) in [6.45, 7) is 4.77. The van der Waals surface area contributed by atoms with Crippen LogP contribution < -0.4 is 5.73 Å². The maximum atomic E-state index is 11.6. The number of halogens is 1. The lowest BCUT2D eigenvalue weighted by molar-refractivity contribution is -0.150. The molecular formula is C22H28ClNO3. The van der Waals surface area contributed by atoms with Crippen LogP contribution in [0.1, 0.15) is 24.5 Å². The molecule has 0 radical (unpaired) electrons. The van der Waals surface area contributed by atoms with Crippen molar-refractivity contribution in [3.8, 4) is 0 Å². The van der Waals surface area contributed by atoms with Crippen LogP contribution >= 0.6 is 11.6 Å². The van der Waals surface area contributed by atoms with Crippen molar-refractivity contribution < 1.29 is 14.3 Å². The first-order valence-corrected chi connectivity index (χ1v) is 9.61. The smallest absolute Gasteiger partial charge is 0.325 e. The molecule has 0 aliphatic carbocycles. The molecule has 4 nitrogen and oxygen atoms in total. The molecular weight excluding hydrogens is 362 g/mol. The average molecular weight is 390 g/mol. The van der Waals surface area contributed by atoms with Crippen LogP contribution in [-0.2, 0) is 20.7 Å². The molecule has 0 aromatic heterocycles. The van der Waals surface area contributed by atoms with E-state index in [0.29, 0.717) is 12.5 Å². The number of aryl methyl sites for hydroxylation is 1. The molecule has 2 unspecified atom stereocenters. The van der Waals surface area contributed by atoms with E-state index < -0.39 is 6.04 Å². The summed E-state index contributed by atoms with van der Waals surface area (Å²) in [4.78, 5) is 11.6. The molecule has 0 bridgehead atoms. The van der Waals surface area contributed by atoms with Gasteiger partial charge in [0, 0.05) is 11.6 Å². The molecule has 2 N–H and O–H groups in total. The van der Waals surface area contributed by atoms with Gasteiger partial charge in [-0.25, -0.2) is 0 Å². The summed E-state index contributed by atoms with van der Waals surface area (Å²) in [5.41, 5.74) is 8.20. The predicted molar refractivity (Wildman–Crippen MR) is 109 cm³/mol. The minimum absolute atomic E-state index is 0.146. The fraction of sp³-hybridized carbons (Fsp3) is 0.409. The van der Waals surface area contributed by atoms with Gasteiger partial charge in [0.05, 0.1) is 12.7 Å². The minimum atomic E-state index is -0.688. The first-order valence-electron chi connectivity index (χ1n) is 9.24. The van der Waals surface area contributed by atoms with Gasteiger partial charge in [-0.15, -0.1) is 0 Å². The summed E-state index contributed by atoms with van der Waals surface area (Å²) in [5.74, 6) is -0.0890. The van der Waals surface area contributed by atoms with Gasteiger partial charge in [-0.3, -0.25) is 4.79 Å². The van der Waals surface area contributed by atoms with E-state index in [9.17, 15) is 4.79 Å². The van der Waals surface area contributed by atoms with Crippen LogP contribution in [0, 0.1) is 12.8 Å². The fourth-order valence-corrected chi connectivity index (χ4v) is 3.06. The standard InChI is InChI=1S/C15H20ClNO3.C7H8/c1-10-6-12(7-11-2-4-13(16)5-3-11)8-19-9-14(17)15(18)20-10;1-7-5-3-2-4-6-7/h2-5,10,12,14H,6-9,17H2,1H3;2-6H,1H3/t10?,12?,14-;/m0./s1. The van der Waals surface area contributed by atoms with Gasteiger partial charge in [0.25, 0.3) is 0 Å². The highest BCUT2D eigenvalue weighted by Gasteiger charge is 2.24.